The topological polar surface area (TPSA) is 55.5 Å². The van der Waals surface area contributed by atoms with E-state index in [0.29, 0.717) is 12.5 Å². The van der Waals surface area contributed by atoms with Gasteiger partial charge in [0.05, 0.1) is 18.5 Å². The predicted molar refractivity (Wildman–Crippen MR) is 83.2 cm³/mol. The first-order chi connectivity index (χ1) is 10.8. The minimum absolute atomic E-state index is 0.520. The maximum absolute atomic E-state index is 5.76. The Hall–Kier alpha value is -2.63. The number of hydrogen-bond donors (Lipinski definition) is 0. The summed E-state index contributed by atoms with van der Waals surface area (Å²) < 4.78 is 7.64. The van der Waals surface area contributed by atoms with E-state index in [0.717, 1.165) is 35.9 Å². The largest absolute Gasteiger partial charge is 0.492 e. The molecule has 0 aliphatic carbocycles. The minimum Gasteiger partial charge on any atom is -0.492 e. The molecule has 0 N–H and O–H groups in total. The summed E-state index contributed by atoms with van der Waals surface area (Å²) in [4.78, 5) is 10.8. The van der Waals surface area contributed by atoms with E-state index in [1.165, 1.54) is 0 Å². The Balaban J connectivity index is 1.40. The van der Waals surface area contributed by atoms with Crippen molar-refractivity contribution in [3.05, 3.63) is 48.7 Å². The summed E-state index contributed by atoms with van der Waals surface area (Å²) in [6.07, 6.45) is 7.18. The number of aryl methyl sites for hydroxylation is 1. The molecule has 4 rings (SSSR count). The lowest BCUT2D eigenvalue weighted by molar-refractivity contribution is 0.219. The Morgan fingerprint density at radius 1 is 1.32 bits per heavy atom. The fourth-order valence-electron chi connectivity index (χ4n) is 2.77. The molecule has 0 saturated carbocycles. The normalized spacial score (nSPS) is 15.0. The lowest BCUT2D eigenvalue weighted by atomic mass is 10.0. The molecule has 112 valence electrons. The molecular formula is C16H17N5O. The highest BCUT2D eigenvalue weighted by Crippen LogP contribution is 2.27. The van der Waals surface area contributed by atoms with Crippen molar-refractivity contribution in [2.75, 3.05) is 24.6 Å². The average Bonchev–Trinajstić information content (AvgIpc) is 2.87. The highest BCUT2D eigenvalue weighted by Gasteiger charge is 2.29. The van der Waals surface area contributed by atoms with Crippen molar-refractivity contribution >= 4 is 11.3 Å². The first-order valence-electron chi connectivity index (χ1n) is 7.38. The number of anilines is 1. The molecular weight excluding hydrogens is 278 g/mol. The van der Waals surface area contributed by atoms with Gasteiger partial charge in [0.1, 0.15) is 11.3 Å². The molecule has 4 heterocycles. The molecule has 0 atom stereocenters. The van der Waals surface area contributed by atoms with Gasteiger partial charge in [-0.3, -0.25) is 4.98 Å². The van der Waals surface area contributed by atoms with Gasteiger partial charge >= 0.3 is 0 Å². The molecule has 6 heteroatoms. The summed E-state index contributed by atoms with van der Waals surface area (Å²) in [6, 6.07) is 5.89. The fraction of sp³-hybridized carbons (Fsp3) is 0.312. The molecule has 0 bridgehead atoms. The van der Waals surface area contributed by atoms with E-state index in [9.17, 15) is 0 Å². The van der Waals surface area contributed by atoms with E-state index in [1.807, 2.05) is 29.8 Å². The van der Waals surface area contributed by atoms with Crippen LogP contribution in [-0.4, -0.2) is 39.3 Å². The van der Waals surface area contributed by atoms with Gasteiger partial charge in [0.25, 0.3) is 0 Å². The Kier molecular flexibility index (Phi) is 3.14. The van der Waals surface area contributed by atoms with E-state index in [-0.39, 0.29) is 0 Å². The fourth-order valence-corrected chi connectivity index (χ4v) is 2.77. The van der Waals surface area contributed by atoms with Crippen molar-refractivity contribution in [1.29, 1.82) is 0 Å². The maximum atomic E-state index is 5.76. The number of fused-ring (bicyclic) bond motifs is 1. The molecule has 6 nitrogen and oxygen atoms in total. The zero-order valence-corrected chi connectivity index (χ0v) is 12.4. The van der Waals surface area contributed by atoms with Crippen LogP contribution >= 0.6 is 0 Å². The van der Waals surface area contributed by atoms with Gasteiger partial charge in [0.2, 0.25) is 0 Å². The number of hydrogen-bond acceptors (Lipinski definition) is 5. The first kappa shape index (κ1) is 13.1. The Labute approximate surface area is 128 Å². The first-order valence-corrected chi connectivity index (χ1v) is 7.38. The zero-order chi connectivity index (χ0) is 14.9. The second-order valence-electron chi connectivity index (χ2n) is 5.64. The van der Waals surface area contributed by atoms with Crippen LogP contribution in [0.25, 0.3) is 5.52 Å². The quantitative estimate of drug-likeness (QED) is 0.736. The summed E-state index contributed by atoms with van der Waals surface area (Å²) in [5.41, 5.74) is 2.07. The van der Waals surface area contributed by atoms with Crippen LogP contribution in [0.15, 0.2) is 43.0 Å². The van der Waals surface area contributed by atoms with Crippen LogP contribution in [-0.2, 0) is 0 Å². The van der Waals surface area contributed by atoms with Crippen molar-refractivity contribution in [3.8, 4) is 5.75 Å². The minimum atomic E-state index is 0.520. The second kappa shape index (κ2) is 5.29. The lowest BCUT2D eigenvalue weighted by Crippen LogP contribution is -2.49. The standard InChI is InChI=1S/C16H17N5O/c1-12-7-15-16(18-5-6-21(15)19-12)20-9-13(10-20)11-22-14-3-2-4-17-8-14/h2-8,13H,9-11H2,1H3. The van der Waals surface area contributed by atoms with Crippen LogP contribution in [0.1, 0.15) is 5.69 Å². The van der Waals surface area contributed by atoms with Crippen molar-refractivity contribution in [1.82, 2.24) is 19.6 Å². The van der Waals surface area contributed by atoms with E-state index >= 15 is 0 Å². The molecule has 0 radical (unpaired) electrons. The predicted octanol–water partition coefficient (Wildman–Crippen LogP) is 1.95. The van der Waals surface area contributed by atoms with Gasteiger partial charge in [0.15, 0.2) is 5.82 Å². The summed E-state index contributed by atoms with van der Waals surface area (Å²) in [5.74, 6) is 2.35. The molecule has 1 saturated heterocycles. The number of aromatic nitrogens is 4. The Morgan fingerprint density at radius 2 is 2.23 bits per heavy atom. The van der Waals surface area contributed by atoms with Gasteiger partial charge < -0.3 is 9.64 Å². The van der Waals surface area contributed by atoms with Crippen LogP contribution in [0.3, 0.4) is 0 Å². The van der Waals surface area contributed by atoms with Crippen molar-refractivity contribution in [2.24, 2.45) is 5.92 Å². The van der Waals surface area contributed by atoms with Crippen molar-refractivity contribution in [2.45, 2.75) is 6.92 Å². The molecule has 1 fully saturated rings. The lowest BCUT2D eigenvalue weighted by Gasteiger charge is -2.40. The van der Waals surface area contributed by atoms with Gasteiger partial charge in [-0.1, -0.05) is 0 Å². The van der Waals surface area contributed by atoms with Crippen LogP contribution in [0.2, 0.25) is 0 Å². The van der Waals surface area contributed by atoms with Crippen molar-refractivity contribution < 1.29 is 4.74 Å². The molecule has 0 amide bonds. The molecule has 3 aromatic heterocycles. The third-order valence-electron chi connectivity index (χ3n) is 3.87. The molecule has 3 aromatic rings. The number of ether oxygens (including phenoxy) is 1. The summed E-state index contributed by atoms with van der Waals surface area (Å²) in [5, 5.41) is 4.43. The Bertz CT molecular complexity index is 780. The highest BCUT2D eigenvalue weighted by atomic mass is 16.5. The average molecular weight is 295 g/mol. The van der Waals surface area contributed by atoms with Crippen LogP contribution in [0.4, 0.5) is 5.82 Å². The SMILES string of the molecule is Cc1cc2c(N3CC(COc4cccnc4)C3)nccn2n1. The molecule has 1 aliphatic rings. The van der Waals surface area contributed by atoms with Gasteiger partial charge in [-0.15, -0.1) is 0 Å². The maximum Gasteiger partial charge on any atom is 0.154 e. The summed E-state index contributed by atoms with van der Waals surface area (Å²) in [7, 11) is 0. The molecule has 0 unspecified atom stereocenters. The monoisotopic (exact) mass is 295 g/mol. The second-order valence-corrected chi connectivity index (χ2v) is 5.64. The van der Waals surface area contributed by atoms with Crippen LogP contribution in [0.5, 0.6) is 5.75 Å². The van der Waals surface area contributed by atoms with E-state index < -0.39 is 0 Å². The van der Waals surface area contributed by atoms with E-state index in [4.69, 9.17) is 4.74 Å². The zero-order valence-electron chi connectivity index (χ0n) is 12.4. The number of pyridine rings is 1. The highest BCUT2D eigenvalue weighted by molar-refractivity contribution is 5.69. The van der Waals surface area contributed by atoms with Gasteiger partial charge in [0, 0.05) is 37.6 Å². The smallest absolute Gasteiger partial charge is 0.154 e. The molecule has 1 aliphatic heterocycles. The van der Waals surface area contributed by atoms with Crippen LogP contribution < -0.4 is 9.64 Å². The van der Waals surface area contributed by atoms with Gasteiger partial charge in [-0.25, -0.2) is 9.50 Å². The third kappa shape index (κ3) is 2.36. The molecule has 22 heavy (non-hydrogen) atoms. The van der Waals surface area contributed by atoms with E-state index in [2.05, 4.69) is 26.0 Å². The summed E-state index contributed by atoms with van der Waals surface area (Å²) in [6.45, 7) is 4.62. The molecule has 0 spiro atoms. The van der Waals surface area contributed by atoms with Crippen molar-refractivity contribution in [3.63, 3.8) is 0 Å². The van der Waals surface area contributed by atoms with E-state index in [1.54, 1.807) is 18.6 Å². The molecule has 0 aromatic carbocycles. The van der Waals surface area contributed by atoms with Crippen LogP contribution in [0, 0.1) is 12.8 Å². The van der Waals surface area contributed by atoms with Gasteiger partial charge in [-0.05, 0) is 25.1 Å². The number of nitrogens with zero attached hydrogens (tertiary/aromatic N) is 5. The summed E-state index contributed by atoms with van der Waals surface area (Å²) >= 11 is 0. The number of rotatable bonds is 4. The third-order valence-corrected chi connectivity index (χ3v) is 3.87. The Morgan fingerprint density at radius 3 is 3.05 bits per heavy atom. The van der Waals surface area contributed by atoms with Gasteiger partial charge in [-0.2, -0.15) is 5.10 Å².